The first-order valence-corrected chi connectivity index (χ1v) is 11.6. The van der Waals surface area contributed by atoms with Crippen LogP contribution in [0.5, 0.6) is 0 Å². The molecule has 0 aliphatic carbocycles. The first-order chi connectivity index (χ1) is 17.0. The minimum atomic E-state index is -0.922. The van der Waals surface area contributed by atoms with Crippen LogP contribution < -0.4 is 5.32 Å². The van der Waals surface area contributed by atoms with Crippen molar-refractivity contribution in [3.8, 4) is 16.4 Å². The van der Waals surface area contributed by atoms with Crippen molar-refractivity contribution in [2.75, 3.05) is 13.7 Å². The molecule has 1 N–H and O–H groups in total. The molecule has 0 fully saturated rings. The second-order valence-corrected chi connectivity index (χ2v) is 8.34. The fraction of sp³-hybridized carbons (Fsp3) is 0.160. The third-order valence-corrected chi connectivity index (χ3v) is 5.84. The van der Waals surface area contributed by atoms with E-state index < -0.39 is 30.5 Å². The fourth-order valence-corrected chi connectivity index (χ4v) is 4.03. The molecule has 2 heterocycles. The van der Waals surface area contributed by atoms with E-state index in [1.807, 2.05) is 78.2 Å². The Balaban J connectivity index is 1.44. The summed E-state index contributed by atoms with van der Waals surface area (Å²) in [5.74, 6) is -1.80. The van der Waals surface area contributed by atoms with E-state index >= 15 is 0 Å². The van der Waals surface area contributed by atoms with Gasteiger partial charge in [0.2, 0.25) is 0 Å². The molecule has 10 heteroatoms. The Morgan fingerprint density at radius 1 is 1.00 bits per heavy atom. The van der Waals surface area contributed by atoms with Gasteiger partial charge in [0.05, 0.1) is 17.7 Å². The van der Waals surface area contributed by atoms with Gasteiger partial charge in [0.15, 0.2) is 12.4 Å². The molecule has 2 aromatic carbocycles. The zero-order valence-electron chi connectivity index (χ0n) is 18.8. The van der Waals surface area contributed by atoms with Gasteiger partial charge in [-0.05, 0) is 29.1 Å². The lowest BCUT2D eigenvalue weighted by molar-refractivity contribution is -0.145. The average molecular weight is 491 g/mol. The summed E-state index contributed by atoms with van der Waals surface area (Å²) in [6, 6.07) is 21.3. The normalized spacial score (nSPS) is 11.5. The summed E-state index contributed by atoms with van der Waals surface area (Å²) < 4.78 is 11.5. The highest BCUT2D eigenvalue weighted by Crippen LogP contribution is 2.25. The number of esters is 2. The van der Waals surface area contributed by atoms with Crippen LogP contribution in [0.3, 0.4) is 0 Å². The van der Waals surface area contributed by atoms with Crippen molar-refractivity contribution in [2.45, 2.75) is 12.5 Å². The molecular formula is C25H22N4O5S. The number of hydrogen-bond acceptors (Lipinski definition) is 8. The number of aromatic nitrogens is 3. The van der Waals surface area contributed by atoms with Gasteiger partial charge in [0.1, 0.15) is 6.04 Å². The molecule has 0 aliphatic heterocycles. The van der Waals surface area contributed by atoms with Crippen LogP contribution in [-0.4, -0.2) is 52.4 Å². The molecule has 0 saturated heterocycles. The van der Waals surface area contributed by atoms with Crippen LogP contribution in [0.1, 0.15) is 16.2 Å². The lowest BCUT2D eigenvalue weighted by atomic mass is 10.1. The molecule has 35 heavy (non-hydrogen) atoms. The van der Waals surface area contributed by atoms with Crippen molar-refractivity contribution in [3.63, 3.8) is 0 Å². The molecule has 0 spiro atoms. The van der Waals surface area contributed by atoms with E-state index in [1.165, 1.54) is 18.4 Å². The smallest absolute Gasteiger partial charge is 0.378 e. The number of ether oxygens (including phenoxy) is 2. The summed E-state index contributed by atoms with van der Waals surface area (Å²) in [5.41, 5.74) is 1.57. The van der Waals surface area contributed by atoms with Gasteiger partial charge in [0.25, 0.3) is 11.7 Å². The number of rotatable bonds is 9. The van der Waals surface area contributed by atoms with Crippen LogP contribution in [0.15, 0.2) is 78.2 Å². The zero-order chi connectivity index (χ0) is 24.6. The number of para-hydroxylation sites is 1. The van der Waals surface area contributed by atoms with Crippen LogP contribution in [0.25, 0.3) is 16.4 Å². The lowest BCUT2D eigenvalue weighted by Gasteiger charge is -2.16. The van der Waals surface area contributed by atoms with Crippen molar-refractivity contribution in [3.05, 3.63) is 89.6 Å². The lowest BCUT2D eigenvalue weighted by Crippen LogP contribution is -2.44. The fourth-order valence-electron chi connectivity index (χ4n) is 3.33. The first kappa shape index (κ1) is 23.8. The Bertz CT molecular complexity index is 1290. The van der Waals surface area contributed by atoms with Crippen molar-refractivity contribution in [1.82, 2.24) is 20.1 Å². The number of thiophene rings is 1. The van der Waals surface area contributed by atoms with Crippen LogP contribution in [0.2, 0.25) is 0 Å². The topological polar surface area (TPSA) is 112 Å². The Morgan fingerprint density at radius 3 is 2.37 bits per heavy atom. The number of carbonyl (C=O) groups is 3. The van der Waals surface area contributed by atoms with E-state index in [9.17, 15) is 14.4 Å². The molecule has 0 bridgehead atoms. The maximum atomic E-state index is 12.7. The minimum absolute atomic E-state index is 0.182. The highest BCUT2D eigenvalue weighted by Gasteiger charge is 2.24. The van der Waals surface area contributed by atoms with E-state index in [0.29, 0.717) is 5.82 Å². The number of nitrogens with zero attached hydrogens (tertiary/aromatic N) is 3. The molecule has 4 rings (SSSR count). The number of amides is 1. The summed E-state index contributed by atoms with van der Waals surface area (Å²) >= 11 is 1.46. The number of nitrogens with one attached hydrogen (secondary N) is 1. The van der Waals surface area contributed by atoms with Crippen LogP contribution in [-0.2, 0) is 25.5 Å². The molecule has 0 aliphatic rings. The Morgan fingerprint density at radius 2 is 1.71 bits per heavy atom. The molecule has 0 radical (unpaired) electrons. The van der Waals surface area contributed by atoms with E-state index in [4.69, 9.17) is 9.47 Å². The molecule has 2 aromatic heterocycles. The van der Waals surface area contributed by atoms with Crippen molar-refractivity contribution in [1.29, 1.82) is 0 Å². The number of carbonyl (C=O) groups excluding carboxylic acids is 3. The van der Waals surface area contributed by atoms with Crippen molar-refractivity contribution in [2.24, 2.45) is 0 Å². The summed E-state index contributed by atoms with van der Waals surface area (Å²) in [5, 5.41) is 8.75. The highest BCUT2D eigenvalue weighted by molar-refractivity contribution is 7.13. The summed E-state index contributed by atoms with van der Waals surface area (Å²) in [6.45, 7) is -0.602. The summed E-state index contributed by atoms with van der Waals surface area (Å²) in [6.07, 6.45) is 0.237. The third kappa shape index (κ3) is 5.98. The Kier molecular flexibility index (Phi) is 7.63. The summed E-state index contributed by atoms with van der Waals surface area (Å²) in [4.78, 5) is 42.4. The summed E-state index contributed by atoms with van der Waals surface area (Å²) in [7, 11) is 1.24. The predicted octanol–water partition coefficient (Wildman–Crippen LogP) is 3.05. The quantitative estimate of drug-likeness (QED) is 0.359. The molecule has 0 saturated carbocycles. The maximum absolute atomic E-state index is 12.7. The predicted molar refractivity (Wildman–Crippen MR) is 129 cm³/mol. The van der Waals surface area contributed by atoms with Gasteiger partial charge in [-0.1, -0.05) is 54.6 Å². The van der Waals surface area contributed by atoms with Gasteiger partial charge >= 0.3 is 11.9 Å². The maximum Gasteiger partial charge on any atom is 0.378 e. The highest BCUT2D eigenvalue weighted by atomic mass is 32.1. The second-order valence-electron chi connectivity index (χ2n) is 7.39. The van der Waals surface area contributed by atoms with Gasteiger partial charge in [-0.15, -0.1) is 16.4 Å². The average Bonchev–Trinajstić information content (AvgIpc) is 3.58. The molecule has 4 aromatic rings. The third-order valence-electron chi connectivity index (χ3n) is 4.97. The van der Waals surface area contributed by atoms with Gasteiger partial charge in [-0.25, -0.2) is 14.3 Å². The van der Waals surface area contributed by atoms with Gasteiger partial charge in [0, 0.05) is 6.42 Å². The van der Waals surface area contributed by atoms with Gasteiger partial charge in [-0.3, -0.25) is 4.79 Å². The van der Waals surface area contributed by atoms with Crippen LogP contribution in [0.4, 0.5) is 0 Å². The molecule has 1 atom stereocenters. The number of benzene rings is 2. The zero-order valence-corrected chi connectivity index (χ0v) is 19.6. The number of hydrogen-bond donors (Lipinski definition) is 1. The Hall–Kier alpha value is -4.31. The van der Waals surface area contributed by atoms with E-state index in [2.05, 4.69) is 15.4 Å². The standard InChI is InChI=1S/C25H22N4O5S/c1-33-24(31)19(15-17-9-4-2-5-10-17)26-21(30)16-34-25(32)22-27-23(20-13-8-14-35-20)29(28-22)18-11-6-3-7-12-18/h2-14,19H,15-16H2,1H3,(H,26,30). The van der Waals surface area contributed by atoms with E-state index in [-0.39, 0.29) is 12.2 Å². The largest absolute Gasteiger partial charge is 0.467 e. The molecule has 9 nitrogen and oxygen atoms in total. The SMILES string of the molecule is COC(=O)C(Cc1ccccc1)NC(=O)COC(=O)c1nc(-c2cccs2)n(-c2ccccc2)n1. The van der Waals surface area contributed by atoms with E-state index in [0.717, 1.165) is 16.1 Å². The van der Waals surface area contributed by atoms with E-state index in [1.54, 1.807) is 4.68 Å². The van der Waals surface area contributed by atoms with Gasteiger partial charge in [-0.2, -0.15) is 4.98 Å². The van der Waals surface area contributed by atoms with Crippen molar-refractivity contribution >= 4 is 29.2 Å². The monoisotopic (exact) mass is 490 g/mol. The molecular weight excluding hydrogens is 468 g/mol. The van der Waals surface area contributed by atoms with Crippen LogP contribution in [0, 0.1) is 0 Å². The minimum Gasteiger partial charge on any atom is -0.467 e. The van der Waals surface area contributed by atoms with Crippen LogP contribution >= 0.6 is 11.3 Å². The Labute approximate surface area is 205 Å². The number of methoxy groups -OCH3 is 1. The van der Waals surface area contributed by atoms with Crippen molar-refractivity contribution < 1.29 is 23.9 Å². The molecule has 1 amide bonds. The molecule has 1 unspecified atom stereocenters. The second kappa shape index (κ2) is 11.2. The van der Waals surface area contributed by atoms with Gasteiger partial charge < -0.3 is 14.8 Å². The first-order valence-electron chi connectivity index (χ1n) is 10.7. The molecule has 178 valence electrons.